The maximum absolute atomic E-state index is 13.5. The van der Waals surface area contributed by atoms with E-state index in [4.69, 9.17) is 0 Å². The van der Waals surface area contributed by atoms with Crippen molar-refractivity contribution < 1.29 is 9.72 Å². The van der Waals surface area contributed by atoms with E-state index < -0.39 is 11.0 Å². The molecule has 1 heterocycles. The number of anilines is 2. The predicted octanol–water partition coefficient (Wildman–Crippen LogP) is 5.88. The van der Waals surface area contributed by atoms with E-state index in [0.29, 0.717) is 24.0 Å². The van der Waals surface area contributed by atoms with Crippen LogP contribution in [0.25, 0.3) is 0 Å². The topological polar surface area (TPSA) is 84.3 Å². The van der Waals surface area contributed by atoms with Crippen LogP contribution in [0, 0.1) is 17.0 Å². The SMILES string of the molecule is Cc1ccc([C@H]2CC(=O)C3=C(C2)Nc2ccccc2N[C@H]3c2cccc([N+](=O)[O-])c2)cc1. The Morgan fingerprint density at radius 3 is 2.41 bits per heavy atom. The second-order valence-electron chi connectivity index (χ2n) is 8.43. The molecule has 2 N–H and O–H groups in total. The van der Waals surface area contributed by atoms with Crippen LogP contribution < -0.4 is 10.6 Å². The van der Waals surface area contributed by atoms with Crippen molar-refractivity contribution in [1.29, 1.82) is 0 Å². The van der Waals surface area contributed by atoms with Crippen molar-refractivity contribution in [2.75, 3.05) is 10.6 Å². The minimum Gasteiger partial charge on any atom is -0.372 e. The van der Waals surface area contributed by atoms with E-state index >= 15 is 0 Å². The summed E-state index contributed by atoms with van der Waals surface area (Å²) in [6.07, 6.45) is 1.11. The van der Waals surface area contributed by atoms with Crippen molar-refractivity contribution in [2.45, 2.75) is 31.7 Å². The number of nitro groups is 1. The van der Waals surface area contributed by atoms with Crippen molar-refractivity contribution in [1.82, 2.24) is 0 Å². The van der Waals surface area contributed by atoms with E-state index in [1.54, 1.807) is 12.1 Å². The molecule has 0 aromatic heterocycles. The third kappa shape index (κ3) is 3.64. The molecule has 32 heavy (non-hydrogen) atoms. The van der Waals surface area contributed by atoms with Crippen LogP contribution in [0.3, 0.4) is 0 Å². The number of nitrogens with one attached hydrogen (secondary N) is 2. The van der Waals surface area contributed by atoms with Gasteiger partial charge in [-0.05, 0) is 42.5 Å². The van der Waals surface area contributed by atoms with Gasteiger partial charge in [0, 0.05) is 29.8 Å². The largest absolute Gasteiger partial charge is 0.372 e. The molecule has 6 nitrogen and oxygen atoms in total. The molecule has 0 unspecified atom stereocenters. The number of fused-ring (bicyclic) bond motifs is 1. The van der Waals surface area contributed by atoms with Gasteiger partial charge in [0.25, 0.3) is 5.69 Å². The van der Waals surface area contributed by atoms with Crippen LogP contribution in [0.1, 0.15) is 41.5 Å². The number of nitro benzene ring substituents is 1. The summed E-state index contributed by atoms with van der Waals surface area (Å²) in [4.78, 5) is 24.5. The van der Waals surface area contributed by atoms with Gasteiger partial charge < -0.3 is 10.6 Å². The molecule has 0 saturated carbocycles. The highest BCUT2D eigenvalue weighted by Crippen LogP contribution is 2.44. The first-order valence-corrected chi connectivity index (χ1v) is 10.7. The molecule has 0 bridgehead atoms. The van der Waals surface area contributed by atoms with E-state index in [2.05, 4.69) is 41.8 Å². The lowest BCUT2D eigenvalue weighted by molar-refractivity contribution is -0.384. The normalized spacial score (nSPS) is 19.8. The van der Waals surface area contributed by atoms with Crippen molar-refractivity contribution >= 4 is 22.8 Å². The number of allylic oxidation sites excluding steroid dienone is 1. The average Bonchev–Trinajstić information content (AvgIpc) is 2.96. The lowest BCUT2D eigenvalue weighted by atomic mass is 9.78. The van der Waals surface area contributed by atoms with Crippen LogP contribution >= 0.6 is 0 Å². The third-order valence-corrected chi connectivity index (χ3v) is 6.27. The minimum absolute atomic E-state index is 0.0118. The fourth-order valence-corrected chi connectivity index (χ4v) is 4.63. The highest BCUT2D eigenvalue weighted by Gasteiger charge is 2.36. The molecule has 3 aromatic rings. The van der Waals surface area contributed by atoms with E-state index in [1.807, 2.05) is 30.3 Å². The molecule has 0 radical (unpaired) electrons. The monoisotopic (exact) mass is 425 g/mol. The quantitative estimate of drug-likeness (QED) is 0.404. The molecular formula is C26H23N3O3. The number of non-ortho nitro benzene ring substituents is 1. The molecule has 6 heteroatoms. The Kier molecular flexibility index (Phi) is 4.98. The predicted molar refractivity (Wildman–Crippen MR) is 125 cm³/mol. The van der Waals surface area contributed by atoms with Crippen LogP contribution in [0.2, 0.25) is 0 Å². The summed E-state index contributed by atoms with van der Waals surface area (Å²) in [5.41, 5.74) is 6.33. The van der Waals surface area contributed by atoms with E-state index in [0.717, 1.165) is 22.6 Å². The van der Waals surface area contributed by atoms with Crippen LogP contribution in [-0.4, -0.2) is 10.7 Å². The Bertz CT molecular complexity index is 1250. The summed E-state index contributed by atoms with van der Waals surface area (Å²) in [6.45, 7) is 2.05. The van der Waals surface area contributed by atoms with Gasteiger partial charge in [0.1, 0.15) is 0 Å². The average molecular weight is 425 g/mol. The molecule has 0 fully saturated rings. The number of hydrogen-bond donors (Lipinski definition) is 2. The Morgan fingerprint density at radius 2 is 1.66 bits per heavy atom. The van der Waals surface area contributed by atoms with Crippen molar-refractivity contribution in [3.05, 3.63) is 111 Å². The molecule has 160 valence electrons. The van der Waals surface area contributed by atoms with E-state index in [-0.39, 0.29) is 17.4 Å². The van der Waals surface area contributed by atoms with Crippen molar-refractivity contribution in [3.8, 4) is 0 Å². The zero-order valence-electron chi connectivity index (χ0n) is 17.7. The van der Waals surface area contributed by atoms with Gasteiger partial charge in [0.15, 0.2) is 5.78 Å². The number of ketones is 1. The standard InChI is InChI=1S/C26H23N3O3/c1-16-9-11-17(12-10-16)19-14-23-25(24(30)15-19)26(18-5-4-6-20(13-18)29(31)32)28-22-8-3-2-7-21(22)27-23/h2-13,19,26-28H,14-15H2,1H3/t19-,26+/m1/s1. The fraction of sp³-hybridized carbons (Fsp3) is 0.192. The first kappa shape index (κ1) is 20.0. The van der Waals surface area contributed by atoms with Crippen LogP contribution in [0.15, 0.2) is 84.1 Å². The number of benzene rings is 3. The fourth-order valence-electron chi connectivity index (χ4n) is 4.63. The molecule has 0 amide bonds. The number of carbonyl (C=O) groups is 1. The second kappa shape index (κ2) is 7.96. The van der Waals surface area contributed by atoms with Gasteiger partial charge in [-0.15, -0.1) is 0 Å². The third-order valence-electron chi connectivity index (χ3n) is 6.27. The number of aryl methyl sites for hydroxylation is 1. The Balaban J connectivity index is 1.61. The molecular weight excluding hydrogens is 402 g/mol. The Labute approximate surface area is 186 Å². The zero-order chi connectivity index (χ0) is 22.2. The molecule has 1 aliphatic heterocycles. The highest BCUT2D eigenvalue weighted by atomic mass is 16.6. The molecule has 1 aliphatic carbocycles. The molecule has 3 aromatic carbocycles. The number of para-hydroxylation sites is 2. The lowest BCUT2D eigenvalue weighted by Gasteiger charge is -2.30. The van der Waals surface area contributed by atoms with E-state index in [1.165, 1.54) is 11.6 Å². The highest BCUT2D eigenvalue weighted by molar-refractivity contribution is 6.01. The zero-order valence-corrected chi connectivity index (χ0v) is 17.7. The molecule has 0 spiro atoms. The Hall–Kier alpha value is -3.93. The number of nitrogens with zero attached hydrogens (tertiary/aromatic N) is 1. The number of hydrogen-bond acceptors (Lipinski definition) is 5. The first-order chi connectivity index (χ1) is 15.5. The van der Waals surface area contributed by atoms with Gasteiger partial charge in [-0.3, -0.25) is 14.9 Å². The molecule has 0 saturated heterocycles. The van der Waals surface area contributed by atoms with Gasteiger partial charge in [0.05, 0.1) is 22.3 Å². The minimum atomic E-state index is -0.465. The number of carbonyl (C=O) groups excluding carboxylic acids is 1. The summed E-state index contributed by atoms with van der Waals surface area (Å²) in [5, 5.41) is 18.3. The molecule has 2 atom stereocenters. The van der Waals surface area contributed by atoms with Gasteiger partial charge in [-0.25, -0.2) is 0 Å². The van der Waals surface area contributed by atoms with Gasteiger partial charge in [-0.1, -0.05) is 54.1 Å². The summed E-state index contributed by atoms with van der Waals surface area (Å²) in [6, 6.07) is 22.2. The number of rotatable bonds is 3. The van der Waals surface area contributed by atoms with Gasteiger partial charge in [-0.2, -0.15) is 0 Å². The summed E-state index contributed by atoms with van der Waals surface area (Å²) >= 11 is 0. The number of Topliss-reactive ketones (excluding diaryl/α,β-unsaturated/α-hetero) is 1. The first-order valence-electron chi connectivity index (χ1n) is 10.7. The smallest absolute Gasteiger partial charge is 0.269 e. The summed E-state index contributed by atoms with van der Waals surface area (Å²) in [7, 11) is 0. The van der Waals surface area contributed by atoms with Crippen LogP contribution in [0.4, 0.5) is 17.1 Å². The van der Waals surface area contributed by atoms with Crippen LogP contribution in [-0.2, 0) is 4.79 Å². The second-order valence-corrected chi connectivity index (χ2v) is 8.43. The maximum atomic E-state index is 13.5. The Morgan fingerprint density at radius 1 is 0.906 bits per heavy atom. The lowest BCUT2D eigenvalue weighted by Crippen LogP contribution is -2.26. The van der Waals surface area contributed by atoms with Gasteiger partial charge >= 0.3 is 0 Å². The summed E-state index contributed by atoms with van der Waals surface area (Å²) in [5.74, 6) is 0.145. The van der Waals surface area contributed by atoms with Crippen molar-refractivity contribution in [3.63, 3.8) is 0 Å². The van der Waals surface area contributed by atoms with E-state index in [9.17, 15) is 14.9 Å². The molecule has 5 rings (SSSR count). The maximum Gasteiger partial charge on any atom is 0.269 e. The van der Waals surface area contributed by atoms with Crippen molar-refractivity contribution in [2.24, 2.45) is 0 Å². The van der Waals surface area contributed by atoms with Crippen LogP contribution in [0.5, 0.6) is 0 Å². The molecule has 2 aliphatic rings. The summed E-state index contributed by atoms with van der Waals surface area (Å²) < 4.78 is 0. The van der Waals surface area contributed by atoms with Gasteiger partial charge in [0.2, 0.25) is 0 Å².